The second-order valence-corrected chi connectivity index (χ2v) is 7.76. The van der Waals surface area contributed by atoms with Gasteiger partial charge < -0.3 is 10.1 Å². The minimum absolute atomic E-state index is 0.205. The van der Waals surface area contributed by atoms with Crippen LogP contribution >= 0.6 is 0 Å². The number of nitrogens with one attached hydrogen (secondary N) is 1. The van der Waals surface area contributed by atoms with Crippen LogP contribution in [-0.2, 0) is 9.53 Å². The Labute approximate surface area is 148 Å². The van der Waals surface area contributed by atoms with Gasteiger partial charge in [-0.05, 0) is 32.1 Å². The molecule has 1 saturated carbocycles. The van der Waals surface area contributed by atoms with Crippen molar-refractivity contribution in [1.82, 2.24) is 15.1 Å². The first kappa shape index (κ1) is 19.7. The molecule has 1 aliphatic heterocycles. The van der Waals surface area contributed by atoms with Crippen molar-refractivity contribution >= 4 is 5.91 Å². The van der Waals surface area contributed by atoms with Gasteiger partial charge in [-0.25, -0.2) is 0 Å². The fourth-order valence-corrected chi connectivity index (χ4v) is 4.11. The van der Waals surface area contributed by atoms with E-state index in [9.17, 15) is 4.79 Å². The minimum atomic E-state index is 0.205. The van der Waals surface area contributed by atoms with E-state index in [0.717, 1.165) is 51.7 Å². The topological polar surface area (TPSA) is 44.8 Å². The lowest BCUT2D eigenvalue weighted by atomic mass is 9.78. The fourth-order valence-electron chi connectivity index (χ4n) is 4.11. The molecule has 5 nitrogen and oxygen atoms in total. The summed E-state index contributed by atoms with van der Waals surface area (Å²) in [6, 6.07) is 0.854. The number of hydrogen-bond donors (Lipinski definition) is 1. The molecule has 1 saturated heterocycles. The van der Waals surface area contributed by atoms with Crippen molar-refractivity contribution < 1.29 is 9.53 Å². The van der Waals surface area contributed by atoms with Crippen molar-refractivity contribution in [2.75, 3.05) is 45.9 Å². The van der Waals surface area contributed by atoms with Crippen LogP contribution in [0.5, 0.6) is 0 Å². The summed E-state index contributed by atoms with van der Waals surface area (Å²) in [5.74, 6) is 1.52. The van der Waals surface area contributed by atoms with Gasteiger partial charge in [0.25, 0.3) is 0 Å². The van der Waals surface area contributed by atoms with Crippen molar-refractivity contribution in [2.45, 2.75) is 59.0 Å². The molecule has 2 rings (SSSR count). The summed E-state index contributed by atoms with van der Waals surface area (Å²) < 4.78 is 5.46. The molecule has 0 spiro atoms. The van der Waals surface area contributed by atoms with Gasteiger partial charge in [-0.1, -0.05) is 26.7 Å². The average molecular weight is 340 g/mol. The predicted molar refractivity (Wildman–Crippen MR) is 98.1 cm³/mol. The molecule has 1 aliphatic carbocycles. The van der Waals surface area contributed by atoms with Crippen LogP contribution in [0.4, 0.5) is 0 Å². The van der Waals surface area contributed by atoms with E-state index in [4.69, 9.17) is 4.74 Å². The quantitative estimate of drug-likeness (QED) is 0.720. The standard InChI is InChI=1S/C19H37N3O2/c1-5-24-12-11-22-10-9-21(13-16(22)3)14-19(23)20-18-8-6-7-15(2)17(18)4/h15-18H,5-14H2,1-4H3,(H,20,23)/t15-,16+,17+,18+/m0/s1. The Morgan fingerprint density at radius 3 is 2.71 bits per heavy atom. The Morgan fingerprint density at radius 2 is 2.00 bits per heavy atom. The largest absolute Gasteiger partial charge is 0.380 e. The Balaban J connectivity index is 1.71. The molecule has 0 unspecified atom stereocenters. The highest BCUT2D eigenvalue weighted by Crippen LogP contribution is 2.29. The van der Waals surface area contributed by atoms with E-state index in [0.29, 0.717) is 24.5 Å². The Bertz CT molecular complexity index is 391. The SMILES string of the molecule is CCOCCN1CCN(CC(=O)N[C@@H]2CCC[C@H](C)[C@H]2C)C[C@H]1C. The molecule has 1 amide bonds. The number of amides is 1. The maximum atomic E-state index is 12.4. The third-order valence-electron chi connectivity index (χ3n) is 6.00. The normalized spacial score (nSPS) is 32.7. The van der Waals surface area contributed by atoms with Gasteiger partial charge in [-0.2, -0.15) is 0 Å². The van der Waals surface area contributed by atoms with E-state index in [1.807, 2.05) is 6.92 Å². The lowest BCUT2D eigenvalue weighted by molar-refractivity contribution is -0.124. The van der Waals surface area contributed by atoms with Crippen LogP contribution in [-0.4, -0.2) is 73.7 Å². The van der Waals surface area contributed by atoms with Crippen LogP contribution in [0.3, 0.4) is 0 Å². The predicted octanol–water partition coefficient (Wildman–Crippen LogP) is 1.97. The first-order chi connectivity index (χ1) is 11.5. The molecule has 0 aromatic heterocycles. The summed E-state index contributed by atoms with van der Waals surface area (Å²) in [7, 11) is 0. The number of piperazine rings is 1. The Hall–Kier alpha value is -0.650. The van der Waals surface area contributed by atoms with Crippen molar-refractivity contribution in [3.8, 4) is 0 Å². The number of carbonyl (C=O) groups excluding carboxylic acids is 1. The smallest absolute Gasteiger partial charge is 0.234 e. The molecule has 4 atom stereocenters. The van der Waals surface area contributed by atoms with Gasteiger partial charge in [0.1, 0.15) is 0 Å². The molecule has 24 heavy (non-hydrogen) atoms. The van der Waals surface area contributed by atoms with Gasteiger partial charge in [0.2, 0.25) is 5.91 Å². The second-order valence-electron chi connectivity index (χ2n) is 7.76. The van der Waals surface area contributed by atoms with Crippen molar-refractivity contribution in [1.29, 1.82) is 0 Å². The summed E-state index contributed by atoms with van der Waals surface area (Å²) in [5, 5.41) is 3.30. The first-order valence-corrected chi connectivity index (χ1v) is 9.84. The van der Waals surface area contributed by atoms with Crippen molar-refractivity contribution in [3.05, 3.63) is 0 Å². The highest BCUT2D eigenvalue weighted by atomic mass is 16.5. The van der Waals surface area contributed by atoms with Gasteiger partial charge in [-0.3, -0.25) is 14.6 Å². The van der Waals surface area contributed by atoms with Crippen LogP contribution in [0.15, 0.2) is 0 Å². The molecule has 0 bridgehead atoms. The number of carbonyl (C=O) groups is 1. The third kappa shape index (κ3) is 5.71. The molecule has 1 heterocycles. The van der Waals surface area contributed by atoms with Crippen molar-refractivity contribution in [2.24, 2.45) is 11.8 Å². The number of hydrogen-bond acceptors (Lipinski definition) is 4. The van der Waals surface area contributed by atoms with Gasteiger partial charge in [0.15, 0.2) is 0 Å². The summed E-state index contributed by atoms with van der Waals surface area (Å²) in [5.41, 5.74) is 0. The molecule has 5 heteroatoms. The molecular weight excluding hydrogens is 302 g/mol. The van der Waals surface area contributed by atoms with E-state index in [1.54, 1.807) is 0 Å². The lowest BCUT2D eigenvalue weighted by Gasteiger charge is -2.40. The van der Waals surface area contributed by atoms with E-state index in [-0.39, 0.29) is 5.91 Å². The zero-order valence-electron chi connectivity index (χ0n) is 16.1. The van der Waals surface area contributed by atoms with Gasteiger partial charge in [-0.15, -0.1) is 0 Å². The summed E-state index contributed by atoms with van der Waals surface area (Å²) in [4.78, 5) is 17.2. The van der Waals surface area contributed by atoms with Crippen LogP contribution in [0.25, 0.3) is 0 Å². The van der Waals surface area contributed by atoms with Crippen LogP contribution in [0.2, 0.25) is 0 Å². The molecular formula is C19H37N3O2. The summed E-state index contributed by atoms with van der Waals surface area (Å²) in [6.07, 6.45) is 3.68. The van der Waals surface area contributed by atoms with E-state index in [2.05, 4.69) is 35.9 Å². The number of ether oxygens (including phenoxy) is 1. The highest BCUT2D eigenvalue weighted by Gasteiger charge is 2.29. The molecule has 0 aromatic carbocycles. The molecule has 0 radical (unpaired) electrons. The van der Waals surface area contributed by atoms with Gasteiger partial charge in [0, 0.05) is 44.9 Å². The van der Waals surface area contributed by atoms with Gasteiger partial charge in [0.05, 0.1) is 13.2 Å². The second kappa shape index (κ2) is 9.73. The van der Waals surface area contributed by atoms with E-state index in [1.165, 1.54) is 12.8 Å². The minimum Gasteiger partial charge on any atom is -0.380 e. The summed E-state index contributed by atoms with van der Waals surface area (Å²) >= 11 is 0. The monoisotopic (exact) mass is 339 g/mol. The van der Waals surface area contributed by atoms with Crippen LogP contribution in [0, 0.1) is 11.8 Å². The maximum absolute atomic E-state index is 12.4. The summed E-state index contributed by atoms with van der Waals surface area (Å²) in [6.45, 7) is 15.0. The van der Waals surface area contributed by atoms with Crippen LogP contribution in [0.1, 0.15) is 47.0 Å². The van der Waals surface area contributed by atoms with Crippen LogP contribution < -0.4 is 5.32 Å². The Kier molecular flexibility index (Phi) is 7.98. The zero-order chi connectivity index (χ0) is 17.5. The van der Waals surface area contributed by atoms with E-state index < -0.39 is 0 Å². The van der Waals surface area contributed by atoms with Gasteiger partial charge >= 0.3 is 0 Å². The van der Waals surface area contributed by atoms with E-state index >= 15 is 0 Å². The molecule has 1 N–H and O–H groups in total. The van der Waals surface area contributed by atoms with Crippen molar-refractivity contribution in [3.63, 3.8) is 0 Å². The first-order valence-electron chi connectivity index (χ1n) is 9.84. The number of nitrogens with zero attached hydrogens (tertiary/aromatic N) is 2. The average Bonchev–Trinajstić information content (AvgIpc) is 2.54. The zero-order valence-corrected chi connectivity index (χ0v) is 16.1. The molecule has 0 aromatic rings. The Morgan fingerprint density at radius 1 is 1.21 bits per heavy atom. The molecule has 140 valence electrons. The fraction of sp³-hybridized carbons (Fsp3) is 0.947. The molecule has 2 aliphatic rings. The lowest BCUT2D eigenvalue weighted by Crippen LogP contribution is -2.55. The maximum Gasteiger partial charge on any atom is 0.234 e. The highest BCUT2D eigenvalue weighted by molar-refractivity contribution is 5.78. The molecule has 2 fully saturated rings. The number of rotatable bonds is 7. The third-order valence-corrected chi connectivity index (χ3v) is 6.00.